The Balaban J connectivity index is 1.45. The number of imidazole rings is 1. The molecule has 0 aliphatic carbocycles. The third-order valence-corrected chi connectivity index (χ3v) is 7.00. The molecule has 1 unspecified atom stereocenters. The summed E-state index contributed by atoms with van der Waals surface area (Å²) in [6.45, 7) is 7.11. The van der Waals surface area contributed by atoms with Crippen LogP contribution in [-0.2, 0) is 16.9 Å². The van der Waals surface area contributed by atoms with Crippen molar-refractivity contribution in [1.29, 1.82) is 0 Å². The van der Waals surface area contributed by atoms with Crippen molar-refractivity contribution in [2.75, 3.05) is 6.61 Å². The van der Waals surface area contributed by atoms with E-state index in [4.69, 9.17) is 21.1 Å². The molecule has 3 N–H and O–H groups in total. The predicted octanol–water partition coefficient (Wildman–Crippen LogP) is 7.19. The van der Waals surface area contributed by atoms with E-state index in [-0.39, 0.29) is 6.61 Å². The number of ether oxygens (including phenoxy) is 2. The number of aliphatic hydroxyl groups is 1. The van der Waals surface area contributed by atoms with E-state index in [1.807, 2.05) is 72.8 Å². The first-order chi connectivity index (χ1) is 18.5. The van der Waals surface area contributed by atoms with E-state index < -0.39 is 17.2 Å². The minimum atomic E-state index is -1.17. The number of benzene rings is 3. The summed E-state index contributed by atoms with van der Waals surface area (Å²) >= 11 is 8.25. The summed E-state index contributed by atoms with van der Waals surface area (Å²) < 4.78 is 11.3. The highest BCUT2D eigenvalue weighted by atomic mass is 35.5. The minimum Gasteiger partial charge on any atom is -0.489 e. The maximum atomic E-state index is 12.3. The van der Waals surface area contributed by atoms with Gasteiger partial charge in [0.15, 0.2) is 0 Å². The van der Waals surface area contributed by atoms with E-state index in [9.17, 15) is 9.90 Å². The van der Waals surface area contributed by atoms with Gasteiger partial charge >= 0.3 is 6.09 Å². The quantitative estimate of drug-likeness (QED) is 0.199. The molecule has 1 amide bonds. The van der Waals surface area contributed by atoms with E-state index in [2.05, 4.69) is 15.3 Å². The molecule has 0 aliphatic heterocycles. The first-order valence-electron chi connectivity index (χ1n) is 12.5. The number of alkyl carbamates (subject to hydrolysis) is 1. The van der Waals surface area contributed by atoms with Crippen molar-refractivity contribution >= 4 is 29.5 Å². The first kappa shape index (κ1) is 28.5. The maximum Gasteiger partial charge on any atom is 0.408 e. The largest absolute Gasteiger partial charge is 0.489 e. The normalized spacial score (nSPS) is 13.0. The van der Waals surface area contributed by atoms with Gasteiger partial charge in [0.2, 0.25) is 0 Å². The van der Waals surface area contributed by atoms with Crippen LogP contribution in [-0.4, -0.2) is 33.4 Å². The number of hydrogen-bond donors (Lipinski definition) is 3. The second-order valence-corrected chi connectivity index (χ2v) is 11.8. The van der Waals surface area contributed by atoms with Gasteiger partial charge in [-0.15, -0.1) is 0 Å². The molecule has 4 aromatic rings. The lowest BCUT2D eigenvalue weighted by atomic mass is 10.0. The molecule has 7 nitrogen and oxygen atoms in total. The number of hydrogen-bond acceptors (Lipinski definition) is 6. The molecule has 0 aliphatic rings. The van der Waals surface area contributed by atoms with Crippen LogP contribution in [0.5, 0.6) is 5.75 Å². The molecule has 0 bridgehead atoms. The Bertz CT molecular complexity index is 1420. The lowest BCUT2D eigenvalue weighted by molar-refractivity contribution is 0.0403. The number of carbonyl (C=O) groups excluding carboxylic acids is 1. The fourth-order valence-corrected chi connectivity index (χ4v) is 4.98. The van der Waals surface area contributed by atoms with Crippen molar-refractivity contribution in [3.8, 4) is 17.0 Å². The average molecular weight is 566 g/mol. The van der Waals surface area contributed by atoms with Crippen LogP contribution in [0.4, 0.5) is 4.79 Å². The van der Waals surface area contributed by atoms with Gasteiger partial charge in [-0.1, -0.05) is 65.8 Å². The van der Waals surface area contributed by atoms with Gasteiger partial charge in [-0.3, -0.25) is 0 Å². The Kier molecular flexibility index (Phi) is 8.90. The standard InChI is InChI=1S/C30H32ClN3O4S/c1-29(2,3)38-28(36)34-30(4,19-35)27-32-17-26(33-27)24-14-13-23(16-25(24)31)39-22-12-8-11-21(15-22)37-18-20-9-6-5-7-10-20/h5-17,35H,18-19H2,1-4H3,(H,32,33)(H,34,36). The van der Waals surface area contributed by atoms with Crippen LogP contribution in [0.25, 0.3) is 11.3 Å². The van der Waals surface area contributed by atoms with E-state index >= 15 is 0 Å². The zero-order chi connectivity index (χ0) is 28.0. The summed E-state index contributed by atoms with van der Waals surface area (Å²) in [5.41, 5.74) is 0.681. The summed E-state index contributed by atoms with van der Waals surface area (Å²) in [5, 5.41) is 13.3. The smallest absolute Gasteiger partial charge is 0.408 e. The van der Waals surface area contributed by atoms with Crippen molar-refractivity contribution < 1.29 is 19.4 Å². The molecule has 0 spiro atoms. The van der Waals surface area contributed by atoms with Crippen LogP contribution >= 0.6 is 23.4 Å². The molecule has 204 valence electrons. The fraction of sp³-hybridized carbons (Fsp3) is 0.267. The van der Waals surface area contributed by atoms with E-state index in [1.54, 1.807) is 45.7 Å². The molecule has 0 saturated carbocycles. The highest BCUT2D eigenvalue weighted by Crippen LogP contribution is 2.36. The second kappa shape index (κ2) is 12.2. The Hall–Kier alpha value is -3.46. The summed E-state index contributed by atoms with van der Waals surface area (Å²) in [5.74, 6) is 1.18. The number of aromatic amines is 1. The number of aliphatic hydroxyl groups excluding tert-OH is 1. The van der Waals surface area contributed by atoms with Crippen LogP contribution in [0, 0.1) is 0 Å². The van der Waals surface area contributed by atoms with Crippen LogP contribution in [0.2, 0.25) is 5.02 Å². The number of nitrogens with one attached hydrogen (secondary N) is 2. The SMILES string of the molecule is CC(C)(C)OC(=O)NC(C)(CO)c1ncc(-c2ccc(Sc3cccc(OCc4ccccc4)c3)cc2Cl)[nH]1. The van der Waals surface area contributed by atoms with E-state index in [0.717, 1.165) is 26.7 Å². The van der Waals surface area contributed by atoms with Gasteiger partial charge in [-0.05, 0) is 63.6 Å². The van der Waals surface area contributed by atoms with Crippen LogP contribution in [0.3, 0.4) is 0 Å². The number of nitrogens with zero attached hydrogens (tertiary/aromatic N) is 1. The molecule has 1 aromatic heterocycles. The van der Waals surface area contributed by atoms with Gasteiger partial charge in [0.05, 0.1) is 23.5 Å². The van der Waals surface area contributed by atoms with Gasteiger partial charge in [0.25, 0.3) is 0 Å². The van der Waals surface area contributed by atoms with Crippen molar-refractivity contribution in [1.82, 2.24) is 15.3 Å². The molecule has 1 heterocycles. The lowest BCUT2D eigenvalue weighted by Gasteiger charge is -2.28. The molecule has 4 rings (SSSR count). The number of H-pyrrole nitrogens is 1. The molecular weight excluding hydrogens is 534 g/mol. The van der Waals surface area contributed by atoms with Crippen molar-refractivity contribution in [2.24, 2.45) is 0 Å². The molecule has 1 atom stereocenters. The highest BCUT2D eigenvalue weighted by molar-refractivity contribution is 7.99. The fourth-order valence-electron chi connectivity index (χ4n) is 3.72. The zero-order valence-corrected chi connectivity index (χ0v) is 23.9. The Labute approximate surface area is 237 Å². The molecule has 3 aromatic carbocycles. The summed E-state index contributed by atoms with van der Waals surface area (Å²) in [6.07, 6.45) is 0.979. The summed E-state index contributed by atoms with van der Waals surface area (Å²) in [7, 11) is 0. The van der Waals surface area contributed by atoms with Gasteiger partial charge in [-0.2, -0.15) is 0 Å². The van der Waals surface area contributed by atoms with E-state index in [1.165, 1.54) is 0 Å². The maximum absolute atomic E-state index is 12.3. The molecule has 9 heteroatoms. The van der Waals surface area contributed by atoms with Gasteiger partial charge in [0, 0.05) is 15.4 Å². The first-order valence-corrected chi connectivity index (χ1v) is 13.7. The summed E-state index contributed by atoms with van der Waals surface area (Å²) in [4.78, 5) is 21.9. The third-order valence-electron chi connectivity index (χ3n) is 5.71. The van der Waals surface area contributed by atoms with Crippen LogP contribution in [0.1, 0.15) is 39.1 Å². The number of carbonyl (C=O) groups is 1. The van der Waals surface area contributed by atoms with Crippen molar-refractivity contribution in [3.63, 3.8) is 0 Å². The van der Waals surface area contributed by atoms with Crippen molar-refractivity contribution in [3.05, 3.63) is 95.4 Å². The number of aromatic nitrogens is 2. The monoisotopic (exact) mass is 565 g/mol. The molecule has 0 fully saturated rings. The number of halogens is 1. The Morgan fingerprint density at radius 2 is 1.77 bits per heavy atom. The topological polar surface area (TPSA) is 96.5 Å². The van der Waals surface area contributed by atoms with Gasteiger partial charge in [-0.25, -0.2) is 9.78 Å². The van der Waals surface area contributed by atoms with E-state index in [0.29, 0.717) is 23.1 Å². The number of rotatable bonds is 9. The highest BCUT2D eigenvalue weighted by Gasteiger charge is 2.33. The second-order valence-electron chi connectivity index (χ2n) is 10.3. The Morgan fingerprint density at radius 3 is 2.46 bits per heavy atom. The average Bonchev–Trinajstić information content (AvgIpc) is 3.38. The molecule has 0 saturated heterocycles. The lowest BCUT2D eigenvalue weighted by Crippen LogP contribution is -2.48. The zero-order valence-electron chi connectivity index (χ0n) is 22.3. The molecule has 39 heavy (non-hydrogen) atoms. The van der Waals surface area contributed by atoms with Gasteiger partial charge < -0.3 is 24.9 Å². The molecular formula is C30H32ClN3O4S. The third kappa shape index (κ3) is 7.79. The Morgan fingerprint density at radius 1 is 1.03 bits per heavy atom. The van der Waals surface area contributed by atoms with Crippen molar-refractivity contribution in [2.45, 2.75) is 55.2 Å². The number of amides is 1. The van der Waals surface area contributed by atoms with Gasteiger partial charge in [0.1, 0.15) is 29.3 Å². The summed E-state index contributed by atoms with van der Waals surface area (Å²) in [6, 6.07) is 23.8. The molecule has 0 radical (unpaired) electrons. The van der Waals surface area contributed by atoms with Crippen LogP contribution < -0.4 is 10.1 Å². The predicted molar refractivity (Wildman–Crippen MR) is 154 cm³/mol. The minimum absolute atomic E-state index is 0.378. The van der Waals surface area contributed by atoms with Crippen LogP contribution in [0.15, 0.2) is 88.8 Å².